The van der Waals surface area contributed by atoms with E-state index in [0.29, 0.717) is 5.70 Å². The second kappa shape index (κ2) is 3.51. The fraction of sp³-hybridized carbons (Fsp3) is 0.182. The Morgan fingerprint density at radius 3 is 2.59 bits per heavy atom. The van der Waals surface area contributed by atoms with Crippen LogP contribution in [0.1, 0.15) is 12.5 Å². The molecule has 17 heavy (non-hydrogen) atoms. The average molecular weight is 242 g/mol. The highest BCUT2D eigenvalue weighted by molar-refractivity contribution is 5.82. The number of alkyl halides is 3. The number of benzene rings is 1. The Hall–Kier alpha value is -1.98. The number of fused-ring (bicyclic) bond motifs is 1. The van der Waals surface area contributed by atoms with E-state index in [1.54, 1.807) is 6.92 Å². The Bertz CT molecular complexity index is 649. The Labute approximate surface area is 94.2 Å². The summed E-state index contributed by atoms with van der Waals surface area (Å²) >= 11 is 0. The zero-order valence-corrected chi connectivity index (χ0v) is 8.93. The second-order valence-electron chi connectivity index (χ2n) is 3.70. The lowest BCUT2D eigenvalue weighted by molar-refractivity contribution is -0.136. The van der Waals surface area contributed by atoms with Crippen molar-refractivity contribution in [2.75, 3.05) is 0 Å². The molecule has 1 aromatic carbocycles. The van der Waals surface area contributed by atoms with Gasteiger partial charge < -0.3 is 4.98 Å². The van der Waals surface area contributed by atoms with Crippen molar-refractivity contribution in [3.8, 4) is 0 Å². The zero-order valence-electron chi connectivity index (χ0n) is 8.93. The van der Waals surface area contributed by atoms with Gasteiger partial charge in [-0.25, -0.2) is 4.79 Å². The number of hydrogen-bond acceptors (Lipinski definition) is 1. The third kappa shape index (κ3) is 1.75. The first-order valence-electron chi connectivity index (χ1n) is 4.79. The van der Waals surface area contributed by atoms with Gasteiger partial charge in [-0.05, 0) is 19.1 Å². The van der Waals surface area contributed by atoms with E-state index >= 15 is 0 Å². The molecule has 3 nitrogen and oxygen atoms in total. The maximum Gasteiger partial charge on any atom is 0.418 e. The van der Waals surface area contributed by atoms with Crippen molar-refractivity contribution in [3.05, 3.63) is 40.8 Å². The average Bonchev–Trinajstić information content (AvgIpc) is 2.51. The van der Waals surface area contributed by atoms with Gasteiger partial charge in [-0.3, -0.25) is 4.57 Å². The monoisotopic (exact) mass is 242 g/mol. The molecule has 0 aliphatic rings. The first-order chi connectivity index (χ1) is 7.82. The molecular weight excluding hydrogens is 233 g/mol. The molecule has 2 rings (SSSR count). The van der Waals surface area contributed by atoms with Gasteiger partial charge in [0, 0.05) is 5.70 Å². The third-order valence-electron chi connectivity index (χ3n) is 2.41. The molecule has 1 N–H and O–H groups in total. The van der Waals surface area contributed by atoms with Crippen LogP contribution in [-0.4, -0.2) is 9.55 Å². The van der Waals surface area contributed by atoms with E-state index in [1.165, 1.54) is 12.1 Å². The number of hydrogen-bond donors (Lipinski definition) is 1. The number of para-hydroxylation sites is 1. The SMILES string of the molecule is C=C(C)n1c(=O)[nH]c2c(C(F)(F)F)cccc21. The fourth-order valence-corrected chi connectivity index (χ4v) is 1.75. The zero-order chi connectivity index (χ0) is 12.8. The Morgan fingerprint density at radius 1 is 1.41 bits per heavy atom. The minimum absolute atomic E-state index is 0.178. The Kier molecular flexibility index (Phi) is 2.38. The van der Waals surface area contributed by atoms with Crippen LogP contribution in [0.3, 0.4) is 0 Å². The van der Waals surface area contributed by atoms with Gasteiger partial charge in [0.2, 0.25) is 0 Å². The molecule has 6 heteroatoms. The maximum atomic E-state index is 12.7. The molecule has 0 saturated heterocycles. The summed E-state index contributed by atoms with van der Waals surface area (Å²) < 4.78 is 39.2. The molecule has 0 amide bonds. The van der Waals surface area contributed by atoms with E-state index in [-0.39, 0.29) is 11.0 Å². The molecule has 0 atom stereocenters. The van der Waals surface area contributed by atoms with Crippen LogP contribution in [0.2, 0.25) is 0 Å². The molecule has 90 valence electrons. The van der Waals surface area contributed by atoms with Crippen LogP contribution in [0.4, 0.5) is 13.2 Å². The van der Waals surface area contributed by atoms with Crippen molar-refractivity contribution >= 4 is 16.7 Å². The van der Waals surface area contributed by atoms with Crippen LogP contribution < -0.4 is 5.69 Å². The number of nitrogens with zero attached hydrogens (tertiary/aromatic N) is 1. The van der Waals surface area contributed by atoms with Gasteiger partial charge in [-0.1, -0.05) is 12.6 Å². The normalized spacial score (nSPS) is 12.0. The van der Waals surface area contributed by atoms with Crippen molar-refractivity contribution < 1.29 is 13.2 Å². The molecule has 0 spiro atoms. The summed E-state index contributed by atoms with van der Waals surface area (Å²) in [4.78, 5) is 13.7. The number of H-pyrrole nitrogens is 1. The van der Waals surface area contributed by atoms with Crippen molar-refractivity contribution in [1.29, 1.82) is 0 Å². The highest BCUT2D eigenvalue weighted by Crippen LogP contribution is 2.33. The number of nitrogens with one attached hydrogen (secondary N) is 1. The summed E-state index contributed by atoms with van der Waals surface area (Å²) in [6, 6.07) is 3.63. The lowest BCUT2D eigenvalue weighted by atomic mass is 10.2. The molecular formula is C11H9F3N2O. The summed E-state index contributed by atoms with van der Waals surface area (Å²) in [5.41, 5.74) is -1.15. The van der Waals surface area contributed by atoms with Gasteiger partial charge in [-0.2, -0.15) is 13.2 Å². The van der Waals surface area contributed by atoms with E-state index < -0.39 is 17.4 Å². The number of aromatic nitrogens is 2. The fourth-order valence-electron chi connectivity index (χ4n) is 1.75. The lowest BCUT2D eigenvalue weighted by Crippen LogP contribution is -2.13. The summed E-state index contributed by atoms with van der Waals surface area (Å²) in [5.74, 6) is 0. The minimum atomic E-state index is -4.50. The highest BCUT2D eigenvalue weighted by atomic mass is 19.4. The molecule has 0 radical (unpaired) electrons. The summed E-state index contributed by atoms with van der Waals surface area (Å²) in [5, 5.41) is 0. The first-order valence-corrected chi connectivity index (χ1v) is 4.79. The molecule has 0 unspecified atom stereocenters. The van der Waals surface area contributed by atoms with Crippen molar-refractivity contribution in [3.63, 3.8) is 0 Å². The highest BCUT2D eigenvalue weighted by Gasteiger charge is 2.33. The molecule has 2 aromatic rings. The number of allylic oxidation sites excluding steroid dienone is 1. The molecule has 0 saturated carbocycles. The largest absolute Gasteiger partial charge is 0.418 e. The molecule has 0 fully saturated rings. The topological polar surface area (TPSA) is 37.8 Å². The number of imidazole rings is 1. The molecule has 0 aliphatic heterocycles. The van der Waals surface area contributed by atoms with E-state index in [9.17, 15) is 18.0 Å². The Morgan fingerprint density at radius 2 is 2.06 bits per heavy atom. The minimum Gasteiger partial charge on any atom is -0.305 e. The van der Waals surface area contributed by atoms with Crippen LogP contribution >= 0.6 is 0 Å². The van der Waals surface area contributed by atoms with E-state index in [0.717, 1.165) is 10.6 Å². The molecule has 0 bridgehead atoms. The van der Waals surface area contributed by atoms with Crippen molar-refractivity contribution in [2.45, 2.75) is 13.1 Å². The first kappa shape index (κ1) is 11.5. The number of aromatic amines is 1. The summed E-state index contributed by atoms with van der Waals surface area (Å²) in [7, 11) is 0. The third-order valence-corrected chi connectivity index (χ3v) is 2.41. The van der Waals surface area contributed by atoms with Crippen molar-refractivity contribution in [1.82, 2.24) is 9.55 Å². The van der Waals surface area contributed by atoms with E-state index in [2.05, 4.69) is 11.6 Å². The maximum absolute atomic E-state index is 12.7. The van der Waals surface area contributed by atoms with Gasteiger partial charge in [0.25, 0.3) is 0 Å². The van der Waals surface area contributed by atoms with Gasteiger partial charge >= 0.3 is 11.9 Å². The van der Waals surface area contributed by atoms with Crippen LogP contribution in [0.25, 0.3) is 16.7 Å². The summed E-state index contributed by atoms with van der Waals surface area (Å²) in [6.07, 6.45) is -4.50. The van der Waals surface area contributed by atoms with Crippen LogP contribution in [0.15, 0.2) is 29.6 Å². The smallest absolute Gasteiger partial charge is 0.305 e. The predicted molar refractivity (Wildman–Crippen MR) is 58.6 cm³/mol. The van der Waals surface area contributed by atoms with E-state index in [1.807, 2.05) is 0 Å². The van der Waals surface area contributed by atoms with Crippen LogP contribution in [0.5, 0.6) is 0 Å². The molecule has 1 heterocycles. The number of rotatable bonds is 1. The molecule has 1 aromatic heterocycles. The van der Waals surface area contributed by atoms with Crippen LogP contribution in [0, 0.1) is 0 Å². The lowest BCUT2D eigenvalue weighted by Gasteiger charge is -2.07. The number of halogens is 3. The van der Waals surface area contributed by atoms with Gasteiger partial charge in [0.05, 0.1) is 16.6 Å². The van der Waals surface area contributed by atoms with Gasteiger partial charge in [-0.15, -0.1) is 0 Å². The predicted octanol–water partition coefficient (Wildman–Crippen LogP) is 2.84. The standard InChI is InChI=1S/C11H9F3N2O/c1-6(2)16-8-5-3-4-7(11(12,13)14)9(8)15-10(16)17/h3-5H,1H2,2H3,(H,15,17). The summed E-state index contributed by atoms with van der Waals surface area (Å²) in [6.45, 7) is 5.11. The van der Waals surface area contributed by atoms with E-state index in [4.69, 9.17) is 0 Å². The van der Waals surface area contributed by atoms with Gasteiger partial charge in [0.15, 0.2) is 0 Å². The quantitative estimate of drug-likeness (QED) is 0.820. The van der Waals surface area contributed by atoms with Crippen molar-refractivity contribution in [2.24, 2.45) is 0 Å². The van der Waals surface area contributed by atoms with Gasteiger partial charge in [0.1, 0.15) is 0 Å². The second-order valence-corrected chi connectivity index (χ2v) is 3.70. The van der Waals surface area contributed by atoms with Crippen LogP contribution in [-0.2, 0) is 6.18 Å². The molecule has 0 aliphatic carbocycles. The Balaban J connectivity index is 2.90.